The molecule has 2 aromatic rings. The Hall–Kier alpha value is -1.74. The zero-order chi connectivity index (χ0) is 14.0. The summed E-state index contributed by atoms with van der Waals surface area (Å²) in [5, 5.41) is 10.5. The molecule has 0 heterocycles. The Labute approximate surface area is 111 Å². The molecule has 0 aliphatic heterocycles. The molecular formula is C16H16F2O. The van der Waals surface area contributed by atoms with Crippen molar-refractivity contribution in [3.05, 3.63) is 70.8 Å². The zero-order valence-electron chi connectivity index (χ0n) is 11.0. The summed E-state index contributed by atoms with van der Waals surface area (Å²) in [4.78, 5) is 0. The van der Waals surface area contributed by atoms with Gasteiger partial charge in [0.15, 0.2) is 0 Å². The van der Waals surface area contributed by atoms with E-state index in [-0.39, 0.29) is 18.1 Å². The molecule has 0 fully saturated rings. The van der Waals surface area contributed by atoms with E-state index in [0.717, 1.165) is 5.56 Å². The van der Waals surface area contributed by atoms with Crippen molar-refractivity contribution >= 4 is 0 Å². The Balaban J connectivity index is 2.31. The van der Waals surface area contributed by atoms with Crippen molar-refractivity contribution in [3.8, 4) is 0 Å². The molecule has 1 unspecified atom stereocenters. The van der Waals surface area contributed by atoms with Crippen LogP contribution >= 0.6 is 0 Å². The van der Waals surface area contributed by atoms with Crippen LogP contribution in [0.3, 0.4) is 0 Å². The van der Waals surface area contributed by atoms with Gasteiger partial charge in [-0.15, -0.1) is 0 Å². The first kappa shape index (κ1) is 13.7. The summed E-state index contributed by atoms with van der Waals surface area (Å²) in [6.45, 7) is 3.37. The fourth-order valence-electron chi connectivity index (χ4n) is 2.19. The highest BCUT2D eigenvalue weighted by atomic mass is 19.1. The zero-order valence-corrected chi connectivity index (χ0v) is 11.0. The molecule has 1 nitrogen and oxygen atoms in total. The predicted octanol–water partition coefficient (Wildman–Crippen LogP) is 3.72. The Morgan fingerprint density at radius 3 is 2.42 bits per heavy atom. The third-order valence-corrected chi connectivity index (χ3v) is 3.10. The van der Waals surface area contributed by atoms with Gasteiger partial charge < -0.3 is 5.11 Å². The van der Waals surface area contributed by atoms with Crippen LogP contribution in [0.1, 0.15) is 23.6 Å². The minimum atomic E-state index is -1.24. The summed E-state index contributed by atoms with van der Waals surface area (Å²) < 4.78 is 26.5. The first-order valence-electron chi connectivity index (χ1n) is 6.11. The summed E-state index contributed by atoms with van der Waals surface area (Å²) in [5.41, 5.74) is 0.677. The quantitative estimate of drug-likeness (QED) is 0.893. The van der Waals surface area contributed by atoms with Crippen molar-refractivity contribution in [2.75, 3.05) is 0 Å². The lowest BCUT2D eigenvalue weighted by molar-refractivity contribution is 0.0571. The second kappa shape index (κ2) is 5.10. The molecule has 3 heteroatoms. The standard InChI is InChI=1S/C16H16F2O/c1-11-6-13(9-15(18)7-11)16(2,19)10-12-4-3-5-14(17)8-12/h3-9,19H,10H2,1-2H3. The van der Waals surface area contributed by atoms with E-state index in [2.05, 4.69) is 0 Å². The molecule has 0 aromatic heterocycles. The Bertz CT molecular complexity index is 571. The first-order chi connectivity index (χ1) is 8.87. The van der Waals surface area contributed by atoms with Crippen molar-refractivity contribution in [1.29, 1.82) is 0 Å². The monoisotopic (exact) mass is 262 g/mol. The molecule has 0 aliphatic carbocycles. The summed E-state index contributed by atoms with van der Waals surface area (Å²) in [6, 6.07) is 10.5. The van der Waals surface area contributed by atoms with Crippen LogP contribution in [0.4, 0.5) is 8.78 Å². The maximum absolute atomic E-state index is 13.4. The van der Waals surface area contributed by atoms with Crippen LogP contribution in [0, 0.1) is 18.6 Å². The number of aliphatic hydroxyl groups is 1. The minimum Gasteiger partial charge on any atom is -0.385 e. The molecule has 0 aliphatic rings. The van der Waals surface area contributed by atoms with Crippen molar-refractivity contribution in [3.63, 3.8) is 0 Å². The van der Waals surface area contributed by atoms with Crippen molar-refractivity contribution in [2.24, 2.45) is 0 Å². The van der Waals surface area contributed by atoms with E-state index in [9.17, 15) is 13.9 Å². The number of benzene rings is 2. The Morgan fingerprint density at radius 2 is 1.79 bits per heavy atom. The van der Waals surface area contributed by atoms with Crippen LogP contribution in [-0.4, -0.2) is 5.11 Å². The molecule has 0 saturated heterocycles. The fraction of sp³-hybridized carbons (Fsp3) is 0.250. The molecule has 0 saturated carbocycles. The summed E-state index contributed by atoms with van der Waals surface area (Å²) >= 11 is 0. The van der Waals surface area contributed by atoms with Gasteiger partial charge in [0.25, 0.3) is 0 Å². The highest BCUT2D eigenvalue weighted by Crippen LogP contribution is 2.27. The molecule has 1 N–H and O–H groups in total. The van der Waals surface area contributed by atoms with Gasteiger partial charge in [-0.3, -0.25) is 0 Å². The Kier molecular flexibility index (Phi) is 3.67. The second-order valence-corrected chi connectivity index (χ2v) is 5.10. The van der Waals surface area contributed by atoms with Crippen molar-refractivity contribution in [1.82, 2.24) is 0 Å². The molecular weight excluding hydrogens is 246 g/mol. The maximum atomic E-state index is 13.4. The van der Waals surface area contributed by atoms with E-state index < -0.39 is 5.60 Å². The van der Waals surface area contributed by atoms with E-state index in [4.69, 9.17) is 0 Å². The van der Waals surface area contributed by atoms with E-state index >= 15 is 0 Å². The molecule has 19 heavy (non-hydrogen) atoms. The second-order valence-electron chi connectivity index (χ2n) is 5.10. The van der Waals surface area contributed by atoms with Crippen molar-refractivity contribution in [2.45, 2.75) is 25.9 Å². The van der Waals surface area contributed by atoms with Crippen LogP contribution in [-0.2, 0) is 12.0 Å². The summed E-state index contributed by atoms with van der Waals surface area (Å²) in [7, 11) is 0. The van der Waals surface area contributed by atoms with E-state index in [1.54, 1.807) is 32.0 Å². The average molecular weight is 262 g/mol. The van der Waals surface area contributed by atoms with Gasteiger partial charge in [0.1, 0.15) is 11.6 Å². The van der Waals surface area contributed by atoms with Gasteiger partial charge in [-0.25, -0.2) is 8.78 Å². The van der Waals surface area contributed by atoms with Crippen LogP contribution in [0.15, 0.2) is 42.5 Å². The van der Waals surface area contributed by atoms with Crippen molar-refractivity contribution < 1.29 is 13.9 Å². The van der Waals surface area contributed by atoms with Crippen LogP contribution in [0.2, 0.25) is 0 Å². The molecule has 0 radical (unpaired) electrons. The Morgan fingerprint density at radius 1 is 1.05 bits per heavy atom. The third kappa shape index (κ3) is 3.38. The molecule has 1 atom stereocenters. The SMILES string of the molecule is Cc1cc(F)cc(C(C)(O)Cc2cccc(F)c2)c1. The highest BCUT2D eigenvalue weighted by molar-refractivity contribution is 5.30. The lowest BCUT2D eigenvalue weighted by atomic mass is 9.88. The number of aryl methyl sites for hydroxylation is 1. The smallest absolute Gasteiger partial charge is 0.123 e. The maximum Gasteiger partial charge on any atom is 0.123 e. The lowest BCUT2D eigenvalue weighted by Gasteiger charge is -2.24. The molecule has 0 amide bonds. The van der Waals surface area contributed by atoms with Gasteiger partial charge >= 0.3 is 0 Å². The van der Waals surface area contributed by atoms with E-state index in [1.165, 1.54) is 24.3 Å². The van der Waals surface area contributed by atoms with Crippen LogP contribution < -0.4 is 0 Å². The topological polar surface area (TPSA) is 20.2 Å². The predicted molar refractivity (Wildman–Crippen MR) is 70.8 cm³/mol. The van der Waals surface area contributed by atoms with Gasteiger partial charge in [-0.05, 0) is 54.8 Å². The van der Waals surface area contributed by atoms with Gasteiger partial charge in [0.05, 0.1) is 5.60 Å². The highest BCUT2D eigenvalue weighted by Gasteiger charge is 2.24. The average Bonchev–Trinajstić information content (AvgIpc) is 2.26. The van der Waals surface area contributed by atoms with Crippen LogP contribution in [0.5, 0.6) is 0 Å². The molecule has 2 rings (SSSR count). The van der Waals surface area contributed by atoms with E-state index in [0.29, 0.717) is 11.1 Å². The number of rotatable bonds is 3. The fourth-order valence-corrected chi connectivity index (χ4v) is 2.19. The number of hydrogen-bond donors (Lipinski definition) is 1. The molecule has 0 spiro atoms. The van der Waals surface area contributed by atoms with Gasteiger partial charge in [0, 0.05) is 6.42 Å². The lowest BCUT2D eigenvalue weighted by Crippen LogP contribution is -2.24. The summed E-state index contributed by atoms with van der Waals surface area (Å²) in [6.07, 6.45) is 0.230. The minimum absolute atomic E-state index is 0.230. The largest absolute Gasteiger partial charge is 0.385 e. The molecule has 100 valence electrons. The van der Waals surface area contributed by atoms with Gasteiger partial charge in [-0.2, -0.15) is 0 Å². The first-order valence-corrected chi connectivity index (χ1v) is 6.11. The van der Waals surface area contributed by atoms with Crippen LogP contribution in [0.25, 0.3) is 0 Å². The number of halogens is 2. The third-order valence-electron chi connectivity index (χ3n) is 3.10. The normalized spacial score (nSPS) is 14.2. The summed E-state index contributed by atoms with van der Waals surface area (Å²) in [5.74, 6) is -0.724. The van der Waals surface area contributed by atoms with Gasteiger partial charge in [0.2, 0.25) is 0 Å². The van der Waals surface area contributed by atoms with Gasteiger partial charge in [-0.1, -0.05) is 18.2 Å². The molecule has 0 bridgehead atoms. The molecule has 2 aromatic carbocycles. The number of hydrogen-bond acceptors (Lipinski definition) is 1. The van der Waals surface area contributed by atoms with E-state index in [1.807, 2.05) is 0 Å².